The van der Waals surface area contributed by atoms with Crippen LogP contribution in [0.4, 0.5) is 5.69 Å². The van der Waals surface area contributed by atoms with E-state index >= 15 is 0 Å². The molecule has 0 spiro atoms. The molecule has 1 aromatic carbocycles. The third-order valence-electron chi connectivity index (χ3n) is 5.21. The fourth-order valence-electron chi connectivity index (χ4n) is 3.85. The highest BCUT2D eigenvalue weighted by Crippen LogP contribution is 2.24. The third kappa shape index (κ3) is 3.41. The van der Waals surface area contributed by atoms with Crippen LogP contribution < -0.4 is 4.90 Å². The van der Waals surface area contributed by atoms with Crippen LogP contribution in [-0.4, -0.2) is 62.2 Å². The molecule has 116 valence electrons. The zero-order chi connectivity index (χ0) is 14.8. The van der Waals surface area contributed by atoms with Gasteiger partial charge in [0.05, 0.1) is 0 Å². The van der Waals surface area contributed by atoms with Gasteiger partial charge in [0.1, 0.15) is 0 Å². The van der Waals surface area contributed by atoms with Crippen molar-refractivity contribution in [3.05, 3.63) is 29.3 Å². The van der Waals surface area contributed by atoms with Gasteiger partial charge in [0.2, 0.25) is 0 Å². The molecule has 3 nitrogen and oxygen atoms in total. The highest BCUT2D eigenvalue weighted by atomic mass is 15.3. The van der Waals surface area contributed by atoms with Crippen molar-refractivity contribution < 1.29 is 0 Å². The maximum Gasteiger partial charge on any atom is 0.0396 e. The summed E-state index contributed by atoms with van der Waals surface area (Å²) in [6.07, 6.45) is 2.69. The molecule has 2 aliphatic heterocycles. The maximum absolute atomic E-state index is 2.73. The molecule has 0 unspecified atom stereocenters. The van der Waals surface area contributed by atoms with Crippen LogP contribution in [0.1, 0.15) is 24.0 Å². The minimum absolute atomic E-state index is 0.822. The van der Waals surface area contributed by atoms with Gasteiger partial charge in [0.15, 0.2) is 0 Å². The maximum atomic E-state index is 2.73. The summed E-state index contributed by atoms with van der Waals surface area (Å²) in [4.78, 5) is 7.76. The van der Waals surface area contributed by atoms with Crippen molar-refractivity contribution in [3.63, 3.8) is 0 Å². The summed E-state index contributed by atoms with van der Waals surface area (Å²) in [6, 6.07) is 7.67. The summed E-state index contributed by atoms with van der Waals surface area (Å²) >= 11 is 0. The highest BCUT2D eigenvalue weighted by Gasteiger charge is 2.26. The van der Waals surface area contributed by atoms with Crippen LogP contribution in [0.5, 0.6) is 0 Å². The number of aryl methyl sites for hydroxylation is 2. The summed E-state index contributed by atoms with van der Waals surface area (Å²) in [5.41, 5.74) is 4.22. The van der Waals surface area contributed by atoms with Crippen molar-refractivity contribution >= 4 is 5.69 Å². The van der Waals surface area contributed by atoms with Gasteiger partial charge in [0.25, 0.3) is 0 Å². The lowest BCUT2D eigenvalue weighted by molar-refractivity contribution is 0.115. The second-order valence-electron chi connectivity index (χ2n) is 6.85. The number of nitrogens with zero attached hydrogens (tertiary/aromatic N) is 3. The third-order valence-corrected chi connectivity index (χ3v) is 5.21. The molecule has 0 N–H and O–H groups in total. The lowest BCUT2D eigenvalue weighted by atomic mass is 10.0. The van der Waals surface area contributed by atoms with Crippen LogP contribution >= 0.6 is 0 Å². The fraction of sp³-hybridized carbons (Fsp3) is 0.667. The quantitative estimate of drug-likeness (QED) is 0.827. The van der Waals surface area contributed by atoms with Gasteiger partial charge in [-0.3, -0.25) is 4.90 Å². The summed E-state index contributed by atoms with van der Waals surface area (Å²) < 4.78 is 0. The Balaban J connectivity index is 1.57. The van der Waals surface area contributed by atoms with Crippen LogP contribution in [0.3, 0.4) is 0 Å². The van der Waals surface area contributed by atoms with Crippen LogP contribution in [-0.2, 0) is 0 Å². The summed E-state index contributed by atoms with van der Waals surface area (Å²) in [5, 5.41) is 0. The lowest BCUT2D eigenvalue weighted by Gasteiger charge is -2.43. The SMILES string of the molecule is Cc1ccc(N2CCN(C3CCN(C)CC3)CC2)c(C)c1. The Kier molecular flexibility index (Phi) is 4.51. The molecule has 1 aromatic rings. The molecule has 0 aliphatic carbocycles. The molecule has 2 heterocycles. The van der Waals surface area contributed by atoms with E-state index in [0.717, 1.165) is 6.04 Å². The average molecular weight is 287 g/mol. The summed E-state index contributed by atoms with van der Waals surface area (Å²) in [7, 11) is 2.24. The van der Waals surface area contributed by atoms with Crippen molar-refractivity contribution in [2.24, 2.45) is 0 Å². The molecule has 0 aromatic heterocycles. The van der Waals surface area contributed by atoms with Gasteiger partial charge in [-0.05, 0) is 58.5 Å². The van der Waals surface area contributed by atoms with Gasteiger partial charge in [-0.15, -0.1) is 0 Å². The second kappa shape index (κ2) is 6.37. The molecule has 0 atom stereocenters. The van der Waals surface area contributed by atoms with Crippen LogP contribution in [0.2, 0.25) is 0 Å². The van der Waals surface area contributed by atoms with E-state index in [4.69, 9.17) is 0 Å². The van der Waals surface area contributed by atoms with E-state index in [-0.39, 0.29) is 0 Å². The number of rotatable bonds is 2. The average Bonchev–Trinajstić information content (AvgIpc) is 2.48. The highest BCUT2D eigenvalue weighted by molar-refractivity contribution is 5.54. The first-order valence-electron chi connectivity index (χ1n) is 8.38. The van der Waals surface area contributed by atoms with E-state index in [1.807, 2.05) is 0 Å². The Labute approximate surface area is 129 Å². The molecule has 2 saturated heterocycles. The van der Waals surface area contributed by atoms with E-state index in [1.165, 1.54) is 68.9 Å². The van der Waals surface area contributed by atoms with E-state index in [9.17, 15) is 0 Å². The van der Waals surface area contributed by atoms with Crippen LogP contribution in [0.25, 0.3) is 0 Å². The first-order valence-corrected chi connectivity index (χ1v) is 8.38. The van der Waals surface area contributed by atoms with Gasteiger partial charge in [0, 0.05) is 37.9 Å². The van der Waals surface area contributed by atoms with Crippen molar-refractivity contribution in [1.82, 2.24) is 9.80 Å². The molecule has 2 fully saturated rings. The first-order chi connectivity index (χ1) is 10.1. The normalized spacial score (nSPS) is 22.7. The van der Waals surface area contributed by atoms with E-state index in [0.29, 0.717) is 0 Å². The lowest BCUT2D eigenvalue weighted by Crippen LogP contribution is -2.53. The molecular weight excluding hydrogens is 258 g/mol. The van der Waals surface area contributed by atoms with E-state index in [1.54, 1.807) is 0 Å². The second-order valence-corrected chi connectivity index (χ2v) is 6.85. The molecular formula is C18H29N3. The molecule has 3 heteroatoms. The number of likely N-dealkylation sites (tertiary alicyclic amines) is 1. The summed E-state index contributed by atoms with van der Waals surface area (Å²) in [5.74, 6) is 0. The van der Waals surface area contributed by atoms with E-state index < -0.39 is 0 Å². The Hall–Kier alpha value is -1.06. The van der Waals surface area contributed by atoms with Crippen LogP contribution in [0, 0.1) is 13.8 Å². The molecule has 21 heavy (non-hydrogen) atoms. The number of anilines is 1. The van der Waals surface area contributed by atoms with Crippen LogP contribution in [0.15, 0.2) is 18.2 Å². The van der Waals surface area contributed by atoms with Gasteiger partial charge < -0.3 is 9.80 Å². The Morgan fingerprint density at radius 1 is 0.905 bits per heavy atom. The van der Waals surface area contributed by atoms with Gasteiger partial charge in [-0.25, -0.2) is 0 Å². The molecule has 0 saturated carbocycles. The molecule has 0 bridgehead atoms. The van der Waals surface area contributed by atoms with Crippen molar-refractivity contribution in [3.8, 4) is 0 Å². The first kappa shape index (κ1) is 14.9. The monoisotopic (exact) mass is 287 g/mol. The minimum Gasteiger partial charge on any atom is -0.369 e. The van der Waals surface area contributed by atoms with Crippen molar-refractivity contribution in [2.45, 2.75) is 32.7 Å². The van der Waals surface area contributed by atoms with Gasteiger partial charge >= 0.3 is 0 Å². The predicted molar refractivity (Wildman–Crippen MR) is 90.2 cm³/mol. The molecule has 2 aliphatic rings. The number of piperidine rings is 1. The largest absolute Gasteiger partial charge is 0.369 e. The number of hydrogen-bond acceptors (Lipinski definition) is 3. The zero-order valence-corrected chi connectivity index (χ0v) is 13.8. The fourth-order valence-corrected chi connectivity index (χ4v) is 3.85. The summed E-state index contributed by atoms with van der Waals surface area (Å²) in [6.45, 7) is 11.8. The molecule has 3 rings (SSSR count). The Bertz CT molecular complexity index is 469. The number of hydrogen-bond donors (Lipinski definition) is 0. The van der Waals surface area contributed by atoms with Crippen molar-refractivity contribution in [2.75, 3.05) is 51.2 Å². The topological polar surface area (TPSA) is 9.72 Å². The molecule has 0 amide bonds. The van der Waals surface area contributed by atoms with Gasteiger partial charge in [-0.1, -0.05) is 17.7 Å². The van der Waals surface area contributed by atoms with Gasteiger partial charge in [-0.2, -0.15) is 0 Å². The molecule has 0 radical (unpaired) electrons. The predicted octanol–water partition coefficient (Wildman–Crippen LogP) is 2.52. The van der Waals surface area contributed by atoms with Crippen molar-refractivity contribution in [1.29, 1.82) is 0 Å². The standard InChI is InChI=1S/C18H29N3/c1-15-4-5-18(16(2)14-15)21-12-10-20(11-13-21)17-6-8-19(3)9-7-17/h4-5,14,17H,6-13H2,1-3H3. The Morgan fingerprint density at radius 2 is 1.57 bits per heavy atom. The van der Waals surface area contributed by atoms with E-state index in [2.05, 4.69) is 53.8 Å². The zero-order valence-electron chi connectivity index (χ0n) is 13.8. The number of benzene rings is 1. The minimum atomic E-state index is 0.822. The smallest absolute Gasteiger partial charge is 0.0396 e. The number of piperazine rings is 1. The Morgan fingerprint density at radius 3 is 2.19 bits per heavy atom.